The van der Waals surface area contributed by atoms with E-state index in [0.29, 0.717) is 17.1 Å². The van der Waals surface area contributed by atoms with Crippen LogP contribution in [0.15, 0.2) is 83.4 Å². The van der Waals surface area contributed by atoms with E-state index < -0.39 is 11.8 Å². The zero-order chi connectivity index (χ0) is 20.6. The number of carbonyl (C=O) groups excluding carboxylic acids is 1. The maximum Gasteiger partial charge on any atom is 0.214 e. The lowest BCUT2D eigenvalue weighted by molar-refractivity contribution is -0.113. The molecule has 0 saturated heterocycles. The van der Waals surface area contributed by atoms with Crippen LogP contribution in [0.3, 0.4) is 0 Å². The predicted molar refractivity (Wildman–Crippen MR) is 118 cm³/mol. The topological polar surface area (TPSA) is 87.4 Å². The van der Waals surface area contributed by atoms with E-state index >= 15 is 0 Å². The molecule has 1 atom stereocenters. The highest BCUT2D eigenvalue weighted by molar-refractivity contribution is 7.79. The van der Waals surface area contributed by atoms with Crippen molar-refractivity contribution in [1.82, 2.24) is 4.98 Å². The number of anilines is 1. The van der Waals surface area contributed by atoms with Gasteiger partial charge in [0.1, 0.15) is 17.5 Å². The first-order valence-electron chi connectivity index (χ1n) is 8.86. The van der Waals surface area contributed by atoms with Gasteiger partial charge in [-0.25, -0.2) is 9.38 Å². The Morgan fingerprint density at radius 2 is 1.76 bits per heavy atom. The summed E-state index contributed by atoms with van der Waals surface area (Å²) in [6.45, 7) is 0. The highest BCUT2D eigenvalue weighted by Gasteiger charge is 2.28. The molecule has 0 amide bonds. The number of carbonyl (C=O) groups is 1. The number of ketones is 1. The largest absolute Gasteiger partial charge is 0.481 e. The first kappa shape index (κ1) is 20.3. The maximum atomic E-state index is 13.3. The predicted octanol–water partition coefficient (Wildman–Crippen LogP) is 4.17. The number of ether oxygens (including phenoxy) is 1. The summed E-state index contributed by atoms with van der Waals surface area (Å²) in [6.07, 6.45) is 1.59. The Bertz CT molecular complexity index is 1020. The third kappa shape index (κ3) is 4.89. The molecule has 7 heteroatoms. The van der Waals surface area contributed by atoms with E-state index in [9.17, 15) is 4.79 Å². The molecule has 1 aromatic heterocycles. The maximum absolute atomic E-state index is 13.3. The van der Waals surface area contributed by atoms with Crippen molar-refractivity contribution in [2.75, 3.05) is 12.4 Å². The van der Waals surface area contributed by atoms with Gasteiger partial charge in [0, 0.05) is 23.5 Å². The third-order valence-electron chi connectivity index (χ3n) is 4.28. The van der Waals surface area contributed by atoms with Gasteiger partial charge in [0.25, 0.3) is 0 Å². The summed E-state index contributed by atoms with van der Waals surface area (Å²) in [6, 6.07) is 20.9. The minimum absolute atomic E-state index is 0.217. The van der Waals surface area contributed by atoms with Gasteiger partial charge in [0.05, 0.1) is 7.11 Å². The number of hydrogen-bond donors (Lipinski definition) is 3. The van der Waals surface area contributed by atoms with Crippen LogP contribution in [0, 0.1) is 5.41 Å². The molecule has 2 N–H and O–H groups in total. The van der Waals surface area contributed by atoms with E-state index in [1.165, 1.54) is 7.11 Å². The normalized spacial score (nSPS) is 12.1. The lowest BCUT2D eigenvalue weighted by Crippen LogP contribution is -2.32. The zero-order valence-electron chi connectivity index (χ0n) is 15.7. The van der Waals surface area contributed by atoms with Gasteiger partial charge in [-0.1, -0.05) is 60.7 Å². The summed E-state index contributed by atoms with van der Waals surface area (Å²) in [4.78, 5) is 17.4. The molecule has 1 unspecified atom stereocenters. The first-order valence-corrected chi connectivity index (χ1v) is 9.26. The quantitative estimate of drug-likeness (QED) is 0.388. The van der Waals surface area contributed by atoms with Crippen LogP contribution in [0.1, 0.15) is 17.2 Å². The van der Waals surface area contributed by atoms with Crippen LogP contribution in [-0.4, -0.2) is 29.3 Å². The Labute approximate surface area is 174 Å². The van der Waals surface area contributed by atoms with E-state index in [4.69, 9.17) is 10.1 Å². The molecule has 0 fully saturated rings. The molecular weight excluding hydrogens is 384 g/mol. The molecule has 0 saturated carbocycles. The van der Waals surface area contributed by atoms with Crippen molar-refractivity contribution in [3.05, 3.63) is 90.1 Å². The van der Waals surface area contributed by atoms with E-state index in [-0.39, 0.29) is 11.4 Å². The van der Waals surface area contributed by atoms with E-state index in [1.54, 1.807) is 30.5 Å². The zero-order valence-corrected chi connectivity index (χ0v) is 16.6. The van der Waals surface area contributed by atoms with Crippen LogP contribution in [0.4, 0.5) is 5.69 Å². The van der Waals surface area contributed by atoms with Crippen LogP contribution < -0.4 is 10.1 Å². The van der Waals surface area contributed by atoms with E-state index in [2.05, 4.69) is 27.5 Å². The highest BCUT2D eigenvalue weighted by Crippen LogP contribution is 2.23. The smallest absolute Gasteiger partial charge is 0.214 e. The molecular formula is C22H20N4O2S. The van der Waals surface area contributed by atoms with Gasteiger partial charge in [-0.15, -0.1) is 0 Å². The molecule has 0 aliphatic carbocycles. The Morgan fingerprint density at radius 3 is 2.38 bits per heavy atom. The molecule has 3 rings (SSSR count). The number of aromatic nitrogens is 1. The summed E-state index contributed by atoms with van der Waals surface area (Å²) in [5.41, 5.74) is 2.02. The van der Waals surface area contributed by atoms with Gasteiger partial charge >= 0.3 is 0 Å². The second kappa shape index (κ2) is 9.66. The van der Waals surface area contributed by atoms with Crippen LogP contribution in [0.5, 0.6) is 5.88 Å². The van der Waals surface area contributed by atoms with Crippen molar-refractivity contribution in [2.24, 2.45) is 4.40 Å². The van der Waals surface area contributed by atoms with Gasteiger partial charge in [-0.2, -0.15) is 0 Å². The fraction of sp³-hybridized carbons (Fsp3) is 0.0909. The number of nitrogens with one attached hydrogen (secondary N) is 2. The molecule has 0 aliphatic rings. The molecule has 3 aromatic rings. The van der Waals surface area contributed by atoms with Gasteiger partial charge < -0.3 is 10.1 Å². The van der Waals surface area contributed by atoms with Crippen molar-refractivity contribution in [2.45, 2.75) is 6.04 Å². The van der Waals surface area contributed by atoms with E-state index in [0.717, 1.165) is 5.56 Å². The lowest BCUT2D eigenvalue weighted by Gasteiger charge is -2.20. The average molecular weight is 404 g/mol. The fourth-order valence-corrected chi connectivity index (χ4v) is 3.05. The minimum Gasteiger partial charge on any atom is -0.481 e. The van der Waals surface area contributed by atoms with Crippen molar-refractivity contribution >= 4 is 35.7 Å². The van der Waals surface area contributed by atoms with Crippen molar-refractivity contribution in [3.8, 4) is 5.88 Å². The third-order valence-corrected chi connectivity index (χ3v) is 4.48. The van der Waals surface area contributed by atoms with Crippen LogP contribution in [-0.2, 0) is 4.79 Å². The van der Waals surface area contributed by atoms with E-state index in [1.807, 2.05) is 48.5 Å². The van der Waals surface area contributed by atoms with Crippen LogP contribution >= 0.6 is 12.8 Å². The summed E-state index contributed by atoms with van der Waals surface area (Å²) in [5, 5.41) is 11.7. The number of benzene rings is 2. The number of pyridine rings is 1. The standard InChI is InChI=1S/C22H20N4O2S/c1-28-18-14-17(12-13-24-18)25-21(16-10-6-3-7-11-16)22(27)19(23)20(26-29)15-8-4-2-5-9-15/h2-14,21,23,29H,1H3,(H,24,25)/b23-19?,26-20-. The minimum atomic E-state index is -0.787. The molecule has 0 spiro atoms. The van der Waals surface area contributed by atoms with Crippen LogP contribution in [0.2, 0.25) is 0 Å². The summed E-state index contributed by atoms with van der Waals surface area (Å²) < 4.78 is 9.05. The molecule has 6 nitrogen and oxygen atoms in total. The lowest BCUT2D eigenvalue weighted by atomic mass is 9.94. The number of nitrogens with zero attached hydrogens (tertiary/aromatic N) is 2. The Kier molecular flexibility index (Phi) is 6.76. The molecule has 1 heterocycles. The number of rotatable bonds is 8. The van der Waals surface area contributed by atoms with Crippen molar-refractivity contribution in [1.29, 1.82) is 5.41 Å². The summed E-state index contributed by atoms with van der Waals surface area (Å²) >= 11 is 3.99. The molecule has 146 valence electrons. The SMILES string of the molecule is COc1cc(NC(C(=O)C(=N)/C(=N\S)c2ccccc2)c2ccccc2)ccn1. The van der Waals surface area contributed by atoms with Crippen molar-refractivity contribution < 1.29 is 9.53 Å². The molecule has 0 radical (unpaired) electrons. The molecule has 0 aliphatic heterocycles. The fourth-order valence-electron chi connectivity index (χ4n) is 2.83. The molecule has 29 heavy (non-hydrogen) atoms. The van der Waals surface area contributed by atoms with Gasteiger partial charge in [0.15, 0.2) is 0 Å². The monoisotopic (exact) mass is 404 g/mol. The molecule has 2 aromatic carbocycles. The number of Topliss-reactive ketones (excluding diaryl/α,β-unsaturated/α-hetero) is 1. The Morgan fingerprint density at radius 1 is 1.10 bits per heavy atom. The number of hydrogen-bond acceptors (Lipinski definition) is 7. The Balaban J connectivity index is 1.95. The Hall–Kier alpha value is -3.45. The summed E-state index contributed by atoms with van der Waals surface area (Å²) in [5.74, 6) is -0.00475. The number of methoxy groups -OCH3 is 1. The van der Waals surface area contributed by atoms with Crippen LogP contribution in [0.25, 0.3) is 0 Å². The first-order chi connectivity index (χ1) is 14.1. The number of thiol groups is 1. The summed E-state index contributed by atoms with van der Waals surface area (Å²) in [7, 11) is 1.52. The molecule has 0 bridgehead atoms. The average Bonchev–Trinajstić information content (AvgIpc) is 2.79. The second-order valence-electron chi connectivity index (χ2n) is 6.13. The second-order valence-corrected chi connectivity index (χ2v) is 6.33. The van der Waals surface area contributed by atoms with Gasteiger partial charge in [-0.3, -0.25) is 10.2 Å². The van der Waals surface area contributed by atoms with Crippen molar-refractivity contribution in [3.63, 3.8) is 0 Å². The highest BCUT2D eigenvalue weighted by atomic mass is 32.1. The van der Waals surface area contributed by atoms with Gasteiger partial charge in [0.2, 0.25) is 11.7 Å². The van der Waals surface area contributed by atoms with Gasteiger partial charge in [-0.05, 0) is 24.4 Å².